The van der Waals surface area contributed by atoms with Crippen LogP contribution in [0.25, 0.3) is 28.2 Å². The molecule has 0 spiro atoms. The van der Waals surface area contributed by atoms with E-state index in [4.69, 9.17) is 4.74 Å². The average Bonchev–Trinajstić information content (AvgIpc) is 3.53. The van der Waals surface area contributed by atoms with E-state index < -0.39 is 0 Å². The minimum absolute atomic E-state index is 0.0422. The van der Waals surface area contributed by atoms with E-state index in [1.807, 2.05) is 75.9 Å². The Bertz CT molecular complexity index is 1140. The Balaban J connectivity index is 1.87. The van der Waals surface area contributed by atoms with Gasteiger partial charge in [-0.2, -0.15) is 0 Å². The third kappa shape index (κ3) is 2.98. The zero-order chi connectivity index (χ0) is 18.9. The summed E-state index contributed by atoms with van der Waals surface area (Å²) in [6, 6.07) is 30.1. The fourth-order valence-corrected chi connectivity index (χ4v) is 3.66. The van der Waals surface area contributed by atoms with E-state index >= 15 is 0 Å². The van der Waals surface area contributed by atoms with E-state index in [1.54, 1.807) is 0 Å². The molecule has 0 amide bonds. The van der Waals surface area contributed by atoms with Crippen molar-refractivity contribution in [3.05, 3.63) is 101 Å². The second kappa shape index (κ2) is 6.98. The van der Waals surface area contributed by atoms with E-state index in [2.05, 4.69) is 24.3 Å². The summed E-state index contributed by atoms with van der Waals surface area (Å²) in [7, 11) is 0. The van der Waals surface area contributed by atoms with E-state index in [9.17, 15) is 4.79 Å². The molecule has 1 fully saturated rings. The van der Waals surface area contributed by atoms with Crippen molar-refractivity contribution in [1.29, 1.82) is 0 Å². The third-order valence-corrected chi connectivity index (χ3v) is 5.04. The Hall–Kier alpha value is -3.37. The van der Waals surface area contributed by atoms with Crippen LogP contribution in [0.3, 0.4) is 0 Å². The van der Waals surface area contributed by atoms with Crippen molar-refractivity contribution >= 4 is 0 Å². The van der Waals surface area contributed by atoms with Crippen LogP contribution >= 0.6 is 0 Å². The summed E-state index contributed by atoms with van der Waals surface area (Å²) >= 11 is 0. The van der Waals surface area contributed by atoms with Gasteiger partial charge in [-0.3, -0.25) is 9.13 Å². The first-order chi connectivity index (χ1) is 13.8. The monoisotopic (exact) mass is 368 g/mol. The van der Waals surface area contributed by atoms with Crippen LogP contribution in [0, 0.1) is 0 Å². The Labute approximate surface area is 163 Å². The summed E-state index contributed by atoms with van der Waals surface area (Å²) in [5.74, 6) is 0. The predicted octanol–water partition coefficient (Wildman–Crippen LogP) is 4.37. The first-order valence-electron chi connectivity index (χ1n) is 9.46. The van der Waals surface area contributed by atoms with Crippen LogP contribution in [0.4, 0.5) is 0 Å². The molecule has 0 radical (unpaired) electrons. The maximum Gasteiger partial charge on any atom is 0.333 e. The van der Waals surface area contributed by atoms with E-state index in [1.165, 1.54) is 0 Å². The van der Waals surface area contributed by atoms with Crippen molar-refractivity contribution < 1.29 is 4.74 Å². The van der Waals surface area contributed by atoms with Crippen molar-refractivity contribution in [2.75, 3.05) is 6.61 Å². The lowest BCUT2D eigenvalue weighted by molar-refractivity contribution is 0.381. The topological polar surface area (TPSA) is 39.5 Å². The summed E-state index contributed by atoms with van der Waals surface area (Å²) in [6.45, 7) is 1.26. The third-order valence-electron chi connectivity index (χ3n) is 5.04. The van der Waals surface area contributed by atoms with Gasteiger partial charge >= 0.3 is 5.69 Å². The van der Waals surface area contributed by atoms with Gasteiger partial charge in [0.2, 0.25) is 0 Å². The molecule has 4 aromatic rings. The lowest BCUT2D eigenvalue weighted by Gasteiger charge is -2.11. The summed E-state index contributed by atoms with van der Waals surface area (Å²) in [5.41, 5.74) is 4.68. The molecule has 3 aromatic carbocycles. The highest BCUT2D eigenvalue weighted by atomic mass is 16.6. The standard InChI is InChI=1S/C24H20N2O2/c27-24-25(16-21-17-28-21)22(18-10-4-1-5-11-18)23(19-12-6-2-7-13-19)26(24)20-14-8-3-9-15-20/h1-15,21H,16-17H2/t21-/m1/s1. The molecule has 1 aliphatic rings. The molecule has 4 nitrogen and oxygen atoms in total. The number of imidazole rings is 1. The van der Waals surface area contributed by atoms with Gasteiger partial charge in [0.05, 0.1) is 36.3 Å². The van der Waals surface area contributed by atoms with Gasteiger partial charge in [-0.05, 0) is 12.1 Å². The highest BCUT2D eigenvalue weighted by Gasteiger charge is 2.29. The molecule has 0 saturated carbocycles. The number of hydrogen-bond donors (Lipinski definition) is 0. The van der Waals surface area contributed by atoms with Gasteiger partial charge in [0.15, 0.2) is 0 Å². The summed E-state index contributed by atoms with van der Waals surface area (Å²) in [6.07, 6.45) is 0.107. The highest BCUT2D eigenvalue weighted by molar-refractivity contribution is 5.80. The quantitative estimate of drug-likeness (QED) is 0.491. The number of nitrogens with zero attached hydrogens (tertiary/aromatic N) is 2. The van der Waals surface area contributed by atoms with Crippen molar-refractivity contribution in [3.8, 4) is 28.2 Å². The zero-order valence-electron chi connectivity index (χ0n) is 15.4. The molecular formula is C24H20N2O2. The number of ether oxygens (including phenoxy) is 1. The van der Waals surface area contributed by atoms with Gasteiger partial charge in [-0.15, -0.1) is 0 Å². The van der Waals surface area contributed by atoms with Crippen LogP contribution in [0.15, 0.2) is 95.8 Å². The van der Waals surface area contributed by atoms with Gasteiger partial charge in [-0.1, -0.05) is 78.9 Å². The maximum absolute atomic E-state index is 13.6. The van der Waals surface area contributed by atoms with Crippen LogP contribution in [-0.2, 0) is 11.3 Å². The predicted molar refractivity (Wildman–Crippen MR) is 111 cm³/mol. The van der Waals surface area contributed by atoms with Crippen molar-refractivity contribution in [1.82, 2.24) is 9.13 Å². The van der Waals surface area contributed by atoms with E-state index in [-0.39, 0.29) is 11.8 Å². The Morgan fingerprint density at radius 2 is 1.25 bits per heavy atom. The largest absolute Gasteiger partial charge is 0.371 e. The molecule has 0 unspecified atom stereocenters. The van der Waals surface area contributed by atoms with Crippen molar-refractivity contribution in [3.63, 3.8) is 0 Å². The molecule has 0 aliphatic carbocycles. The second-order valence-corrected chi connectivity index (χ2v) is 6.95. The molecule has 0 N–H and O–H groups in total. The first kappa shape index (κ1) is 16.8. The Morgan fingerprint density at radius 3 is 1.79 bits per heavy atom. The fraction of sp³-hybridized carbons (Fsp3) is 0.125. The highest BCUT2D eigenvalue weighted by Crippen LogP contribution is 2.34. The van der Waals surface area contributed by atoms with Crippen LogP contribution in [0.1, 0.15) is 0 Å². The molecule has 5 rings (SSSR count). The van der Waals surface area contributed by atoms with Gasteiger partial charge < -0.3 is 4.74 Å². The molecule has 28 heavy (non-hydrogen) atoms. The number of benzene rings is 3. The summed E-state index contributed by atoms with van der Waals surface area (Å²) < 4.78 is 9.13. The van der Waals surface area contributed by atoms with E-state index in [0.29, 0.717) is 13.2 Å². The van der Waals surface area contributed by atoms with Crippen LogP contribution in [0.2, 0.25) is 0 Å². The normalized spacial score (nSPS) is 15.5. The number of hydrogen-bond acceptors (Lipinski definition) is 2. The number of epoxide rings is 1. The van der Waals surface area contributed by atoms with Crippen LogP contribution in [-0.4, -0.2) is 21.8 Å². The van der Waals surface area contributed by atoms with Crippen molar-refractivity contribution in [2.24, 2.45) is 0 Å². The average molecular weight is 368 g/mol. The minimum Gasteiger partial charge on any atom is -0.371 e. The second-order valence-electron chi connectivity index (χ2n) is 6.95. The molecule has 1 atom stereocenters. The lowest BCUT2D eigenvalue weighted by Crippen LogP contribution is -2.25. The number of aromatic nitrogens is 2. The molecule has 1 aromatic heterocycles. The molecular weight excluding hydrogens is 348 g/mol. The minimum atomic E-state index is -0.0422. The maximum atomic E-state index is 13.6. The molecule has 1 saturated heterocycles. The molecule has 138 valence electrons. The number of rotatable bonds is 5. The van der Waals surface area contributed by atoms with Gasteiger partial charge in [-0.25, -0.2) is 4.79 Å². The molecule has 2 heterocycles. The number of para-hydroxylation sites is 1. The smallest absolute Gasteiger partial charge is 0.333 e. The van der Waals surface area contributed by atoms with E-state index in [0.717, 1.165) is 28.2 Å². The van der Waals surface area contributed by atoms with Gasteiger partial charge in [0.1, 0.15) is 0 Å². The van der Waals surface area contributed by atoms with Crippen molar-refractivity contribution in [2.45, 2.75) is 12.6 Å². The SMILES string of the molecule is O=c1n(C[C@@H]2CO2)c(-c2ccccc2)c(-c2ccccc2)n1-c1ccccc1. The lowest BCUT2D eigenvalue weighted by atomic mass is 10.0. The molecule has 4 heteroatoms. The Morgan fingerprint density at radius 1 is 0.750 bits per heavy atom. The van der Waals surface area contributed by atoms with Gasteiger partial charge in [0, 0.05) is 11.1 Å². The zero-order valence-corrected chi connectivity index (χ0v) is 15.4. The van der Waals surface area contributed by atoms with Crippen LogP contribution in [0.5, 0.6) is 0 Å². The Kier molecular flexibility index (Phi) is 4.18. The fourth-order valence-electron chi connectivity index (χ4n) is 3.66. The first-order valence-corrected chi connectivity index (χ1v) is 9.46. The van der Waals surface area contributed by atoms with Crippen LogP contribution < -0.4 is 5.69 Å². The molecule has 1 aliphatic heterocycles. The molecule has 0 bridgehead atoms. The summed E-state index contributed by atoms with van der Waals surface area (Å²) in [4.78, 5) is 13.6. The summed E-state index contributed by atoms with van der Waals surface area (Å²) in [5, 5.41) is 0. The van der Waals surface area contributed by atoms with Gasteiger partial charge in [0.25, 0.3) is 0 Å².